The zero-order valence-electron chi connectivity index (χ0n) is 17.9. The minimum atomic E-state index is -0.199. The summed E-state index contributed by atoms with van der Waals surface area (Å²) in [6.45, 7) is 5.98. The van der Waals surface area contributed by atoms with Gasteiger partial charge in [-0.2, -0.15) is 4.98 Å². The number of methoxy groups -OCH3 is 1. The molecular weight excluding hydrogens is 446 g/mol. The first-order chi connectivity index (χ1) is 15.6. The number of hydrogen-bond acceptors (Lipinski definition) is 8. The summed E-state index contributed by atoms with van der Waals surface area (Å²) in [7, 11) is 1.58. The van der Waals surface area contributed by atoms with Crippen LogP contribution in [-0.4, -0.2) is 46.4 Å². The van der Waals surface area contributed by atoms with E-state index in [-0.39, 0.29) is 17.2 Å². The molecule has 1 aromatic carbocycles. The van der Waals surface area contributed by atoms with E-state index < -0.39 is 0 Å². The Kier molecular flexibility index (Phi) is 7.11. The highest BCUT2D eigenvalue weighted by Crippen LogP contribution is 2.29. The number of carbonyl (C=O) groups excluding carboxylic acids is 1. The predicted molar refractivity (Wildman–Crippen MR) is 130 cm³/mol. The normalized spacial score (nSPS) is 13.8. The van der Waals surface area contributed by atoms with Crippen molar-refractivity contribution in [1.29, 1.82) is 0 Å². The smallest absolute Gasteiger partial charge is 0.274 e. The molecule has 0 atom stereocenters. The number of anilines is 2. The molecule has 3 aromatic rings. The van der Waals surface area contributed by atoms with Crippen LogP contribution in [-0.2, 0) is 11.3 Å². The van der Waals surface area contributed by atoms with Crippen LogP contribution >= 0.6 is 23.1 Å². The topological polar surface area (TPSA) is 89.3 Å². The van der Waals surface area contributed by atoms with Gasteiger partial charge in [0.1, 0.15) is 10.4 Å². The number of fused-ring (bicyclic) bond motifs is 1. The lowest BCUT2D eigenvalue weighted by Crippen LogP contribution is -2.29. The van der Waals surface area contributed by atoms with Crippen molar-refractivity contribution >= 4 is 50.2 Å². The molecule has 1 fully saturated rings. The molecule has 4 rings (SSSR count). The second-order valence-corrected chi connectivity index (χ2v) is 9.28. The molecule has 1 aliphatic rings. The number of piperidine rings is 1. The monoisotopic (exact) mass is 471 g/mol. The van der Waals surface area contributed by atoms with E-state index in [1.165, 1.54) is 29.5 Å². The van der Waals surface area contributed by atoms with Gasteiger partial charge in [0.15, 0.2) is 15.9 Å². The average molecular weight is 472 g/mol. The Morgan fingerprint density at radius 3 is 2.88 bits per heavy atom. The van der Waals surface area contributed by atoms with Crippen LogP contribution in [0.25, 0.3) is 10.3 Å². The van der Waals surface area contributed by atoms with Gasteiger partial charge in [-0.05, 0) is 31.4 Å². The number of thioether (sulfide) groups is 1. The fourth-order valence-electron chi connectivity index (χ4n) is 3.53. The first-order valence-corrected chi connectivity index (χ1v) is 12.2. The maximum Gasteiger partial charge on any atom is 0.274 e. The number of ether oxygens (including phenoxy) is 1. The standard InChI is InChI=1S/C22H25N5O3S2/c1-3-10-27-20(29)18-19(24-21(32-18)26-11-5-4-6-12-26)25-22(27)31-14-17(28)23-15-8-7-9-16(13-15)30-2/h3,7-9,13H,1,4-6,10-12,14H2,2H3,(H,23,28). The van der Waals surface area contributed by atoms with Crippen LogP contribution in [0.5, 0.6) is 5.75 Å². The molecule has 0 saturated carbocycles. The molecule has 10 heteroatoms. The molecule has 32 heavy (non-hydrogen) atoms. The quantitative estimate of drug-likeness (QED) is 0.304. The number of nitrogens with one attached hydrogen (secondary N) is 1. The van der Waals surface area contributed by atoms with E-state index in [0.29, 0.717) is 33.5 Å². The summed E-state index contributed by atoms with van der Waals surface area (Å²) in [6.07, 6.45) is 5.15. The molecule has 0 aliphatic carbocycles. The van der Waals surface area contributed by atoms with Crippen molar-refractivity contribution in [3.8, 4) is 5.75 Å². The third-order valence-corrected chi connectivity index (χ3v) is 7.16. The van der Waals surface area contributed by atoms with Gasteiger partial charge < -0.3 is 15.0 Å². The lowest BCUT2D eigenvalue weighted by Gasteiger charge is -2.25. The van der Waals surface area contributed by atoms with Gasteiger partial charge in [-0.3, -0.25) is 14.2 Å². The number of carbonyl (C=O) groups is 1. The van der Waals surface area contributed by atoms with Gasteiger partial charge in [0.2, 0.25) is 5.91 Å². The minimum absolute atomic E-state index is 0.107. The molecule has 1 aliphatic heterocycles. The van der Waals surface area contributed by atoms with Crippen LogP contribution in [0.4, 0.5) is 10.8 Å². The maximum absolute atomic E-state index is 13.1. The molecule has 1 saturated heterocycles. The van der Waals surface area contributed by atoms with Crippen LogP contribution in [0.15, 0.2) is 46.9 Å². The van der Waals surface area contributed by atoms with Crippen molar-refractivity contribution in [2.75, 3.05) is 36.2 Å². The lowest BCUT2D eigenvalue weighted by atomic mass is 10.1. The Morgan fingerprint density at radius 2 is 2.12 bits per heavy atom. The molecule has 1 amide bonds. The summed E-state index contributed by atoms with van der Waals surface area (Å²) in [5.41, 5.74) is 0.940. The SMILES string of the molecule is C=CCn1c(SCC(=O)Nc2cccc(OC)c2)nc2nc(N3CCCCC3)sc2c1=O. The fourth-order valence-corrected chi connectivity index (χ4v) is 5.33. The van der Waals surface area contributed by atoms with Gasteiger partial charge in [0.25, 0.3) is 5.56 Å². The summed E-state index contributed by atoms with van der Waals surface area (Å²) in [6, 6.07) is 7.16. The van der Waals surface area contributed by atoms with Crippen LogP contribution in [0.3, 0.4) is 0 Å². The summed E-state index contributed by atoms with van der Waals surface area (Å²) in [5.74, 6) is 0.570. The number of aromatic nitrogens is 3. The Balaban J connectivity index is 1.55. The number of nitrogens with zero attached hydrogens (tertiary/aromatic N) is 4. The fraction of sp³-hybridized carbons (Fsp3) is 0.364. The van der Waals surface area contributed by atoms with Gasteiger partial charge >= 0.3 is 0 Å². The van der Waals surface area contributed by atoms with Gasteiger partial charge in [0.05, 0.1) is 12.9 Å². The van der Waals surface area contributed by atoms with E-state index in [0.717, 1.165) is 31.1 Å². The molecule has 0 spiro atoms. The van der Waals surface area contributed by atoms with Crippen LogP contribution < -0.4 is 20.5 Å². The van der Waals surface area contributed by atoms with Crippen molar-refractivity contribution in [2.45, 2.75) is 31.0 Å². The number of amides is 1. The second-order valence-electron chi connectivity index (χ2n) is 7.36. The third-order valence-electron chi connectivity index (χ3n) is 5.09. The van der Waals surface area contributed by atoms with Crippen molar-refractivity contribution < 1.29 is 9.53 Å². The average Bonchev–Trinajstić information content (AvgIpc) is 3.25. The zero-order chi connectivity index (χ0) is 22.5. The van der Waals surface area contributed by atoms with E-state index in [1.807, 2.05) is 6.07 Å². The van der Waals surface area contributed by atoms with Gasteiger partial charge in [-0.25, -0.2) is 4.98 Å². The van der Waals surface area contributed by atoms with Crippen molar-refractivity contribution in [3.05, 3.63) is 47.3 Å². The van der Waals surface area contributed by atoms with Gasteiger partial charge in [-0.1, -0.05) is 35.2 Å². The predicted octanol–water partition coefficient (Wildman–Crippen LogP) is 3.77. The largest absolute Gasteiger partial charge is 0.497 e. The first kappa shape index (κ1) is 22.3. The summed E-state index contributed by atoms with van der Waals surface area (Å²) >= 11 is 2.60. The van der Waals surface area contributed by atoms with Crippen molar-refractivity contribution in [1.82, 2.24) is 14.5 Å². The number of benzene rings is 1. The molecular formula is C22H25N5O3S2. The number of thiazole rings is 1. The Hall–Kier alpha value is -2.85. The van der Waals surface area contributed by atoms with E-state index in [2.05, 4.69) is 26.8 Å². The summed E-state index contributed by atoms with van der Waals surface area (Å²) in [5, 5.41) is 4.14. The zero-order valence-corrected chi connectivity index (χ0v) is 19.5. The van der Waals surface area contributed by atoms with Gasteiger partial charge in [0, 0.05) is 31.4 Å². The number of allylic oxidation sites excluding steroid dienone is 1. The minimum Gasteiger partial charge on any atom is -0.497 e. The third kappa shape index (κ3) is 4.97. The summed E-state index contributed by atoms with van der Waals surface area (Å²) in [4.78, 5) is 37.1. The van der Waals surface area contributed by atoms with E-state index >= 15 is 0 Å². The van der Waals surface area contributed by atoms with Crippen molar-refractivity contribution in [3.63, 3.8) is 0 Å². The first-order valence-electron chi connectivity index (χ1n) is 10.4. The lowest BCUT2D eigenvalue weighted by molar-refractivity contribution is -0.113. The molecule has 3 heterocycles. The van der Waals surface area contributed by atoms with Crippen LogP contribution in [0.2, 0.25) is 0 Å². The van der Waals surface area contributed by atoms with Crippen molar-refractivity contribution in [2.24, 2.45) is 0 Å². The maximum atomic E-state index is 13.1. The molecule has 2 aromatic heterocycles. The molecule has 1 N–H and O–H groups in total. The van der Waals surface area contributed by atoms with E-state index in [9.17, 15) is 9.59 Å². The highest BCUT2D eigenvalue weighted by Gasteiger charge is 2.20. The van der Waals surface area contributed by atoms with Crippen LogP contribution in [0.1, 0.15) is 19.3 Å². The molecule has 0 radical (unpaired) electrons. The van der Waals surface area contributed by atoms with Gasteiger partial charge in [-0.15, -0.1) is 6.58 Å². The highest BCUT2D eigenvalue weighted by atomic mass is 32.2. The molecule has 0 unspecified atom stereocenters. The second kappa shape index (κ2) is 10.2. The Morgan fingerprint density at radius 1 is 1.31 bits per heavy atom. The molecule has 168 valence electrons. The molecule has 8 nitrogen and oxygen atoms in total. The Bertz CT molecular complexity index is 1180. The summed E-state index contributed by atoms with van der Waals surface area (Å²) < 4.78 is 7.28. The van der Waals surface area contributed by atoms with E-state index in [1.54, 1.807) is 36.0 Å². The van der Waals surface area contributed by atoms with E-state index in [4.69, 9.17) is 4.74 Å². The Labute approximate surface area is 194 Å². The number of rotatable bonds is 8. The molecule has 0 bridgehead atoms. The number of hydrogen-bond donors (Lipinski definition) is 1. The highest BCUT2D eigenvalue weighted by molar-refractivity contribution is 7.99. The van der Waals surface area contributed by atoms with Crippen LogP contribution in [0, 0.1) is 0 Å².